The summed E-state index contributed by atoms with van der Waals surface area (Å²) in [7, 11) is 1.53. The van der Waals surface area contributed by atoms with Gasteiger partial charge in [0, 0.05) is 17.3 Å². The molecule has 6 heteroatoms. The van der Waals surface area contributed by atoms with Crippen LogP contribution in [0.5, 0.6) is 5.88 Å². The van der Waals surface area contributed by atoms with Crippen LogP contribution in [-0.4, -0.2) is 23.9 Å². The third-order valence-electron chi connectivity index (χ3n) is 3.20. The standard InChI is InChI=1S/C15H13N3O3/c1-21-14-5-4-11(8-16-14)17-15(20)10-3-2-9-7-13(19)18-12(9)6-10/h2-6,8H,7H2,1H3,(H,17,20)(H,18,19). The Labute approximate surface area is 121 Å². The van der Waals surface area contributed by atoms with Gasteiger partial charge in [0.25, 0.3) is 5.91 Å². The Hall–Kier alpha value is -2.89. The van der Waals surface area contributed by atoms with Crippen LogP contribution in [0.3, 0.4) is 0 Å². The number of amides is 2. The summed E-state index contributed by atoms with van der Waals surface area (Å²) in [6.07, 6.45) is 1.88. The molecule has 0 saturated heterocycles. The van der Waals surface area contributed by atoms with Crippen LogP contribution in [-0.2, 0) is 11.2 Å². The first-order valence-corrected chi connectivity index (χ1v) is 6.40. The van der Waals surface area contributed by atoms with E-state index in [0.29, 0.717) is 29.2 Å². The first kappa shape index (κ1) is 13.1. The molecular formula is C15H13N3O3. The van der Waals surface area contributed by atoms with Crippen LogP contribution in [0.2, 0.25) is 0 Å². The quantitative estimate of drug-likeness (QED) is 0.900. The number of ether oxygens (including phenoxy) is 1. The molecular weight excluding hydrogens is 270 g/mol. The van der Waals surface area contributed by atoms with Gasteiger partial charge in [-0.1, -0.05) is 6.07 Å². The molecule has 0 atom stereocenters. The lowest BCUT2D eigenvalue weighted by Gasteiger charge is -2.07. The van der Waals surface area contributed by atoms with Gasteiger partial charge in [0.05, 0.1) is 25.4 Å². The maximum absolute atomic E-state index is 12.2. The van der Waals surface area contributed by atoms with Crippen molar-refractivity contribution < 1.29 is 14.3 Å². The van der Waals surface area contributed by atoms with Crippen LogP contribution in [0.15, 0.2) is 36.5 Å². The zero-order chi connectivity index (χ0) is 14.8. The van der Waals surface area contributed by atoms with Gasteiger partial charge in [0.2, 0.25) is 11.8 Å². The summed E-state index contributed by atoms with van der Waals surface area (Å²) < 4.78 is 4.96. The topological polar surface area (TPSA) is 80.3 Å². The number of nitrogens with one attached hydrogen (secondary N) is 2. The fourth-order valence-corrected chi connectivity index (χ4v) is 2.13. The number of aromatic nitrogens is 1. The minimum Gasteiger partial charge on any atom is -0.481 e. The van der Waals surface area contributed by atoms with E-state index in [1.807, 2.05) is 0 Å². The van der Waals surface area contributed by atoms with E-state index in [2.05, 4.69) is 15.6 Å². The zero-order valence-electron chi connectivity index (χ0n) is 11.3. The number of hydrogen-bond acceptors (Lipinski definition) is 4. The third kappa shape index (κ3) is 2.69. The molecule has 6 nitrogen and oxygen atoms in total. The van der Waals surface area contributed by atoms with Gasteiger partial charge >= 0.3 is 0 Å². The summed E-state index contributed by atoms with van der Waals surface area (Å²) in [5.74, 6) is 0.168. The number of carbonyl (C=O) groups is 2. The van der Waals surface area contributed by atoms with Crippen molar-refractivity contribution in [2.45, 2.75) is 6.42 Å². The Morgan fingerprint density at radius 1 is 1.33 bits per heavy atom. The highest BCUT2D eigenvalue weighted by Crippen LogP contribution is 2.24. The van der Waals surface area contributed by atoms with E-state index >= 15 is 0 Å². The normalized spacial score (nSPS) is 12.5. The highest BCUT2D eigenvalue weighted by molar-refractivity contribution is 6.07. The Morgan fingerprint density at radius 3 is 2.90 bits per heavy atom. The van der Waals surface area contributed by atoms with E-state index in [1.54, 1.807) is 30.3 Å². The average Bonchev–Trinajstić information content (AvgIpc) is 2.87. The van der Waals surface area contributed by atoms with Crippen LogP contribution < -0.4 is 15.4 Å². The molecule has 2 amide bonds. The number of benzene rings is 1. The van der Waals surface area contributed by atoms with E-state index in [0.717, 1.165) is 5.56 Å². The lowest BCUT2D eigenvalue weighted by molar-refractivity contribution is -0.115. The minimum absolute atomic E-state index is 0.0538. The van der Waals surface area contributed by atoms with Crippen LogP contribution >= 0.6 is 0 Å². The summed E-state index contributed by atoms with van der Waals surface area (Å²) in [5, 5.41) is 5.47. The summed E-state index contributed by atoms with van der Waals surface area (Å²) in [4.78, 5) is 27.5. The third-order valence-corrected chi connectivity index (χ3v) is 3.20. The van der Waals surface area contributed by atoms with Crippen molar-refractivity contribution >= 4 is 23.2 Å². The van der Waals surface area contributed by atoms with Crippen molar-refractivity contribution in [2.24, 2.45) is 0 Å². The van der Waals surface area contributed by atoms with Gasteiger partial charge in [0.15, 0.2) is 0 Å². The molecule has 1 aliphatic heterocycles. The van der Waals surface area contributed by atoms with Gasteiger partial charge in [-0.2, -0.15) is 0 Å². The number of carbonyl (C=O) groups excluding carboxylic acids is 2. The predicted molar refractivity (Wildman–Crippen MR) is 77.5 cm³/mol. The van der Waals surface area contributed by atoms with Crippen molar-refractivity contribution in [3.63, 3.8) is 0 Å². The van der Waals surface area contributed by atoms with Gasteiger partial charge in [0.1, 0.15) is 0 Å². The van der Waals surface area contributed by atoms with Gasteiger partial charge in [-0.15, -0.1) is 0 Å². The molecule has 3 rings (SSSR count). The molecule has 1 aromatic heterocycles. The van der Waals surface area contributed by atoms with E-state index in [-0.39, 0.29) is 11.8 Å². The Bertz CT molecular complexity index is 711. The lowest BCUT2D eigenvalue weighted by atomic mass is 10.1. The molecule has 0 saturated carbocycles. The average molecular weight is 283 g/mol. The maximum atomic E-state index is 12.2. The largest absolute Gasteiger partial charge is 0.481 e. The minimum atomic E-state index is -0.258. The highest BCUT2D eigenvalue weighted by atomic mass is 16.5. The van der Waals surface area contributed by atoms with Crippen molar-refractivity contribution in [2.75, 3.05) is 17.7 Å². The van der Waals surface area contributed by atoms with E-state index in [1.165, 1.54) is 13.3 Å². The molecule has 1 aliphatic rings. The first-order valence-electron chi connectivity index (χ1n) is 6.40. The van der Waals surface area contributed by atoms with Gasteiger partial charge < -0.3 is 15.4 Å². The highest BCUT2D eigenvalue weighted by Gasteiger charge is 2.19. The first-order chi connectivity index (χ1) is 10.2. The number of rotatable bonds is 3. The van der Waals surface area contributed by atoms with Crippen LogP contribution in [0, 0.1) is 0 Å². The second kappa shape index (κ2) is 5.24. The van der Waals surface area contributed by atoms with Gasteiger partial charge in [-0.05, 0) is 23.8 Å². The molecule has 21 heavy (non-hydrogen) atoms. The van der Waals surface area contributed by atoms with Crippen molar-refractivity contribution in [3.05, 3.63) is 47.7 Å². The molecule has 0 bridgehead atoms. The molecule has 0 fully saturated rings. The number of methoxy groups -OCH3 is 1. The molecule has 2 heterocycles. The molecule has 0 unspecified atom stereocenters. The summed E-state index contributed by atoms with van der Waals surface area (Å²) >= 11 is 0. The van der Waals surface area contributed by atoms with Gasteiger partial charge in [-0.25, -0.2) is 4.98 Å². The van der Waals surface area contributed by atoms with E-state index in [9.17, 15) is 9.59 Å². The summed E-state index contributed by atoms with van der Waals surface area (Å²) in [6, 6.07) is 8.53. The molecule has 0 aliphatic carbocycles. The van der Waals surface area contributed by atoms with Crippen molar-refractivity contribution in [1.29, 1.82) is 0 Å². The van der Waals surface area contributed by atoms with Crippen LogP contribution in [0.1, 0.15) is 15.9 Å². The zero-order valence-corrected chi connectivity index (χ0v) is 11.3. The Morgan fingerprint density at radius 2 is 2.19 bits per heavy atom. The van der Waals surface area contributed by atoms with E-state index in [4.69, 9.17) is 4.74 Å². The second-order valence-corrected chi connectivity index (χ2v) is 4.64. The molecule has 1 aromatic carbocycles. The van der Waals surface area contributed by atoms with Gasteiger partial charge in [-0.3, -0.25) is 9.59 Å². The molecule has 0 spiro atoms. The second-order valence-electron chi connectivity index (χ2n) is 4.64. The fraction of sp³-hybridized carbons (Fsp3) is 0.133. The van der Waals surface area contributed by atoms with E-state index < -0.39 is 0 Å². The number of fused-ring (bicyclic) bond motifs is 1. The fourth-order valence-electron chi connectivity index (χ4n) is 2.13. The lowest BCUT2D eigenvalue weighted by Crippen LogP contribution is -2.12. The Balaban J connectivity index is 1.76. The molecule has 2 N–H and O–H groups in total. The smallest absolute Gasteiger partial charge is 0.255 e. The Kier molecular flexibility index (Phi) is 3.27. The molecule has 2 aromatic rings. The monoisotopic (exact) mass is 283 g/mol. The number of pyridine rings is 1. The molecule has 0 radical (unpaired) electrons. The number of anilines is 2. The number of nitrogens with zero attached hydrogens (tertiary/aromatic N) is 1. The summed E-state index contributed by atoms with van der Waals surface area (Å²) in [5.41, 5.74) is 2.65. The number of hydrogen-bond donors (Lipinski definition) is 2. The van der Waals surface area contributed by atoms with Crippen molar-refractivity contribution in [1.82, 2.24) is 4.98 Å². The predicted octanol–water partition coefficient (Wildman–Crippen LogP) is 1.84. The maximum Gasteiger partial charge on any atom is 0.255 e. The molecule has 106 valence electrons. The van der Waals surface area contributed by atoms with Crippen LogP contribution in [0.25, 0.3) is 0 Å². The van der Waals surface area contributed by atoms with Crippen molar-refractivity contribution in [3.8, 4) is 5.88 Å². The van der Waals surface area contributed by atoms with Crippen LogP contribution in [0.4, 0.5) is 11.4 Å². The SMILES string of the molecule is COc1ccc(NC(=O)c2ccc3c(c2)NC(=O)C3)cn1. The summed E-state index contributed by atoms with van der Waals surface area (Å²) in [6.45, 7) is 0.